The topological polar surface area (TPSA) is 58.8 Å². The van der Waals surface area contributed by atoms with E-state index in [0.717, 1.165) is 63.0 Å². The van der Waals surface area contributed by atoms with Gasteiger partial charge in [-0.2, -0.15) is 0 Å². The smallest absolute Gasteiger partial charge is 0.257 e. The van der Waals surface area contributed by atoms with Crippen LogP contribution in [0.2, 0.25) is 0 Å². The number of amides is 1. The fourth-order valence-electron chi connectivity index (χ4n) is 3.39. The number of morpholine rings is 1. The number of hydrogen-bond acceptors (Lipinski definition) is 6. The number of carbonyl (C=O) groups is 1. The Bertz CT molecular complexity index is 679. The molecular weight excluding hydrogens is 326 g/mol. The van der Waals surface area contributed by atoms with Crippen LogP contribution in [0.4, 0.5) is 0 Å². The quantitative estimate of drug-likeness (QED) is 0.851. The summed E-state index contributed by atoms with van der Waals surface area (Å²) in [6.45, 7) is 4.84. The first kappa shape index (κ1) is 15.8. The molecule has 0 saturated carbocycles. The third-order valence-electron chi connectivity index (χ3n) is 4.63. The molecule has 2 aliphatic rings. The Balaban J connectivity index is 1.44. The Kier molecular flexibility index (Phi) is 4.64. The number of furan rings is 1. The number of carbonyl (C=O) groups excluding carboxylic acids is 1. The number of aromatic nitrogens is 1. The summed E-state index contributed by atoms with van der Waals surface area (Å²) < 4.78 is 11.0. The van der Waals surface area contributed by atoms with E-state index in [4.69, 9.17) is 9.15 Å². The van der Waals surface area contributed by atoms with E-state index in [2.05, 4.69) is 9.88 Å². The minimum absolute atomic E-state index is 0.0460. The second-order valence-electron chi connectivity index (χ2n) is 6.22. The third kappa shape index (κ3) is 3.24. The molecule has 1 amide bonds. The van der Waals surface area contributed by atoms with Gasteiger partial charge >= 0.3 is 0 Å². The molecule has 6 nitrogen and oxygen atoms in total. The lowest BCUT2D eigenvalue weighted by Gasteiger charge is -2.25. The second-order valence-corrected chi connectivity index (χ2v) is 7.14. The van der Waals surface area contributed by atoms with E-state index in [1.54, 1.807) is 23.8 Å². The molecule has 0 N–H and O–H groups in total. The summed E-state index contributed by atoms with van der Waals surface area (Å²) in [6, 6.07) is 1.99. The maximum absolute atomic E-state index is 12.9. The van der Waals surface area contributed by atoms with Crippen molar-refractivity contribution in [3.63, 3.8) is 0 Å². The summed E-state index contributed by atoms with van der Waals surface area (Å²) in [5.41, 5.74) is 0.640. The molecule has 0 aromatic carbocycles. The number of hydrogen-bond donors (Lipinski definition) is 0. The van der Waals surface area contributed by atoms with Crippen LogP contribution in [0.1, 0.15) is 40.0 Å². The van der Waals surface area contributed by atoms with Crippen molar-refractivity contribution >= 4 is 17.2 Å². The van der Waals surface area contributed by atoms with E-state index in [-0.39, 0.29) is 11.9 Å². The van der Waals surface area contributed by atoms with Crippen molar-refractivity contribution in [2.24, 2.45) is 0 Å². The van der Waals surface area contributed by atoms with Crippen LogP contribution in [0, 0.1) is 0 Å². The molecule has 0 aliphatic carbocycles. The lowest BCUT2D eigenvalue weighted by molar-refractivity contribution is 0.0313. The standard InChI is InChI=1S/C17H21N3O3S/c21-17(20-4-1-2-15(20)16-18-3-9-24-16)13-10-14(23-12-13)11-19-5-7-22-8-6-19/h3,9-10,12,15H,1-2,4-8,11H2. The van der Waals surface area contributed by atoms with Crippen molar-refractivity contribution in [1.82, 2.24) is 14.8 Å². The molecule has 4 heterocycles. The molecule has 2 aromatic heterocycles. The lowest BCUT2D eigenvalue weighted by atomic mass is 10.2. The van der Waals surface area contributed by atoms with Gasteiger partial charge in [0, 0.05) is 31.2 Å². The molecule has 24 heavy (non-hydrogen) atoms. The van der Waals surface area contributed by atoms with Gasteiger partial charge in [-0.25, -0.2) is 4.98 Å². The molecule has 7 heteroatoms. The molecule has 1 unspecified atom stereocenters. The predicted octanol–water partition coefficient (Wildman–Crippen LogP) is 2.55. The minimum atomic E-state index is 0.0460. The van der Waals surface area contributed by atoms with E-state index in [0.29, 0.717) is 5.56 Å². The van der Waals surface area contributed by atoms with Crippen molar-refractivity contribution in [2.45, 2.75) is 25.4 Å². The van der Waals surface area contributed by atoms with Crippen LogP contribution in [-0.4, -0.2) is 53.5 Å². The number of likely N-dealkylation sites (tertiary alicyclic amines) is 1. The lowest BCUT2D eigenvalue weighted by Crippen LogP contribution is -2.35. The number of ether oxygens (including phenoxy) is 1. The molecule has 1 atom stereocenters. The van der Waals surface area contributed by atoms with Crippen molar-refractivity contribution in [2.75, 3.05) is 32.8 Å². The monoisotopic (exact) mass is 347 g/mol. The van der Waals surface area contributed by atoms with Crippen LogP contribution in [0.15, 0.2) is 28.3 Å². The predicted molar refractivity (Wildman–Crippen MR) is 89.9 cm³/mol. The molecule has 2 aromatic rings. The van der Waals surface area contributed by atoms with Gasteiger partial charge < -0.3 is 14.1 Å². The van der Waals surface area contributed by atoms with Crippen LogP contribution < -0.4 is 0 Å². The van der Waals surface area contributed by atoms with Gasteiger partial charge in [-0.15, -0.1) is 11.3 Å². The number of nitrogens with zero attached hydrogens (tertiary/aromatic N) is 3. The van der Waals surface area contributed by atoms with Crippen molar-refractivity contribution in [3.05, 3.63) is 40.2 Å². The third-order valence-corrected chi connectivity index (χ3v) is 5.51. The van der Waals surface area contributed by atoms with Crippen LogP contribution in [0.5, 0.6) is 0 Å². The summed E-state index contributed by atoms with van der Waals surface area (Å²) in [5, 5.41) is 2.99. The van der Waals surface area contributed by atoms with Gasteiger partial charge in [0.25, 0.3) is 5.91 Å². The summed E-state index contributed by atoms with van der Waals surface area (Å²) >= 11 is 1.62. The van der Waals surface area contributed by atoms with Gasteiger partial charge in [0.1, 0.15) is 17.0 Å². The maximum atomic E-state index is 12.9. The van der Waals surface area contributed by atoms with Crippen LogP contribution >= 0.6 is 11.3 Å². The summed E-state index contributed by atoms with van der Waals surface area (Å²) in [5.74, 6) is 0.884. The van der Waals surface area contributed by atoms with Gasteiger partial charge in [0.2, 0.25) is 0 Å². The zero-order valence-corrected chi connectivity index (χ0v) is 14.3. The average molecular weight is 347 g/mol. The van der Waals surface area contributed by atoms with E-state index in [1.165, 1.54) is 0 Å². The molecular formula is C17H21N3O3S. The molecule has 4 rings (SSSR count). The van der Waals surface area contributed by atoms with E-state index in [9.17, 15) is 4.79 Å². The fraction of sp³-hybridized carbons (Fsp3) is 0.529. The van der Waals surface area contributed by atoms with Gasteiger partial charge in [-0.1, -0.05) is 0 Å². The Morgan fingerprint density at radius 1 is 1.33 bits per heavy atom. The van der Waals surface area contributed by atoms with Crippen LogP contribution in [0.3, 0.4) is 0 Å². The SMILES string of the molecule is O=C(c1coc(CN2CCOCC2)c1)N1CCCC1c1nccs1. The van der Waals surface area contributed by atoms with E-state index < -0.39 is 0 Å². The Hall–Kier alpha value is -1.70. The zero-order valence-electron chi connectivity index (χ0n) is 13.5. The van der Waals surface area contributed by atoms with Gasteiger partial charge in [0.15, 0.2) is 0 Å². The fourth-order valence-corrected chi connectivity index (χ4v) is 4.17. The molecule has 0 bridgehead atoms. The largest absolute Gasteiger partial charge is 0.467 e. The second kappa shape index (κ2) is 7.04. The molecule has 0 radical (unpaired) electrons. The number of thiazole rings is 1. The van der Waals surface area contributed by atoms with Gasteiger partial charge in [-0.3, -0.25) is 9.69 Å². The Morgan fingerprint density at radius 2 is 2.21 bits per heavy atom. The van der Waals surface area contributed by atoms with E-state index >= 15 is 0 Å². The zero-order chi connectivity index (χ0) is 16.4. The summed E-state index contributed by atoms with van der Waals surface area (Å²) in [4.78, 5) is 21.5. The van der Waals surface area contributed by atoms with Crippen molar-refractivity contribution < 1.29 is 13.9 Å². The normalized spacial score (nSPS) is 22.2. The maximum Gasteiger partial charge on any atom is 0.257 e. The first-order valence-corrected chi connectivity index (χ1v) is 9.27. The summed E-state index contributed by atoms with van der Waals surface area (Å²) in [6.07, 6.45) is 5.40. The molecule has 128 valence electrons. The van der Waals surface area contributed by atoms with Crippen LogP contribution in [-0.2, 0) is 11.3 Å². The highest BCUT2D eigenvalue weighted by atomic mass is 32.1. The minimum Gasteiger partial charge on any atom is -0.467 e. The van der Waals surface area contributed by atoms with Crippen molar-refractivity contribution in [3.8, 4) is 0 Å². The molecule has 2 fully saturated rings. The first-order chi connectivity index (χ1) is 11.8. The Morgan fingerprint density at radius 3 is 3.00 bits per heavy atom. The summed E-state index contributed by atoms with van der Waals surface area (Å²) in [7, 11) is 0. The molecule has 0 spiro atoms. The van der Waals surface area contributed by atoms with Crippen LogP contribution in [0.25, 0.3) is 0 Å². The Labute approximate surface area is 145 Å². The van der Waals surface area contributed by atoms with Crippen molar-refractivity contribution in [1.29, 1.82) is 0 Å². The highest BCUT2D eigenvalue weighted by Crippen LogP contribution is 2.34. The highest BCUT2D eigenvalue weighted by molar-refractivity contribution is 7.09. The first-order valence-electron chi connectivity index (χ1n) is 8.39. The van der Waals surface area contributed by atoms with Gasteiger partial charge in [-0.05, 0) is 18.9 Å². The number of rotatable bonds is 4. The van der Waals surface area contributed by atoms with Gasteiger partial charge in [0.05, 0.1) is 31.4 Å². The van der Waals surface area contributed by atoms with E-state index in [1.807, 2.05) is 16.3 Å². The highest BCUT2D eigenvalue weighted by Gasteiger charge is 2.32. The average Bonchev–Trinajstić information content (AvgIpc) is 3.35. The molecule has 2 aliphatic heterocycles. The molecule has 2 saturated heterocycles.